The summed E-state index contributed by atoms with van der Waals surface area (Å²) < 4.78 is 5.26. The van der Waals surface area contributed by atoms with Crippen LogP contribution in [0.15, 0.2) is 33.8 Å². The lowest BCUT2D eigenvalue weighted by Gasteiger charge is -2.02. The zero-order valence-corrected chi connectivity index (χ0v) is 10.5. The fraction of sp³-hybridized carbons (Fsp3) is 0.167. The van der Waals surface area contributed by atoms with E-state index in [1.54, 1.807) is 25.4 Å². The lowest BCUT2D eigenvalue weighted by Crippen LogP contribution is -1.95. The van der Waals surface area contributed by atoms with E-state index in [1.807, 2.05) is 6.07 Å². The first-order valence-corrected chi connectivity index (χ1v) is 6.21. The van der Waals surface area contributed by atoms with Crippen LogP contribution in [0.3, 0.4) is 0 Å². The summed E-state index contributed by atoms with van der Waals surface area (Å²) in [4.78, 5) is 15.6. The average Bonchev–Trinajstić information content (AvgIpc) is 2.70. The number of furan rings is 1. The third kappa shape index (κ3) is 2.65. The van der Waals surface area contributed by atoms with E-state index >= 15 is 0 Å². The van der Waals surface area contributed by atoms with Gasteiger partial charge in [0, 0.05) is 16.7 Å². The molecule has 0 amide bonds. The standard InChI is InChI=1S/C12H12N2O3S/c1-7-4-8(17-11(7)12(15)16)6-18-10-2-3-14-5-9(10)13/h2-5H,6,13H2,1H3,(H,15,16). The first-order valence-electron chi connectivity index (χ1n) is 5.23. The quantitative estimate of drug-likeness (QED) is 0.825. The molecule has 18 heavy (non-hydrogen) atoms. The zero-order chi connectivity index (χ0) is 13.1. The van der Waals surface area contributed by atoms with Crippen LogP contribution >= 0.6 is 11.8 Å². The number of hydrogen-bond donors (Lipinski definition) is 2. The number of aromatic carboxylic acids is 1. The Balaban J connectivity index is 2.09. The Bertz CT molecular complexity index is 580. The van der Waals surface area contributed by atoms with Gasteiger partial charge in [-0.25, -0.2) is 4.79 Å². The van der Waals surface area contributed by atoms with Crippen LogP contribution in [0.2, 0.25) is 0 Å². The minimum atomic E-state index is -1.05. The first kappa shape index (κ1) is 12.5. The molecule has 0 aliphatic heterocycles. The van der Waals surface area contributed by atoms with Crippen molar-refractivity contribution in [2.75, 3.05) is 5.73 Å². The van der Waals surface area contributed by atoms with E-state index in [4.69, 9.17) is 15.3 Å². The van der Waals surface area contributed by atoms with Crippen molar-refractivity contribution in [2.24, 2.45) is 0 Å². The number of carboxylic acid groups (broad SMARTS) is 1. The highest BCUT2D eigenvalue weighted by atomic mass is 32.2. The molecule has 0 radical (unpaired) electrons. The predicted octanol–water partition coefficient (Wildman–Crippen LogP) is 2.56. The summed E-state index contributed by atoms with van der Waals surface area (Å²) in [6, 6.07) is 3.54. The van der Waals surface area contributed by atoms with E-state index in [9.17, 15) is 4.79 Å². The minimum Gasteiger partial charge on any atom is -0.475 e. The molecule has 6 heteroatoms. The fourth-order valence-electron chi connectivity index (χ4n) is 1.51. The molecule has 0 fully saturated rings. The molecule has 94 valence electrons. The zero-order valence-electron chi connectivity index (χ0n) is 9.71. The van der Waals surface area contributed by atoms with Crippen LogP contribution in [0.1, 0.15) is 21.9 Å². The van der Waals surface area contributed by atoms with E-state index in [0.717, 1.165) is 4.90 Å². The Hall–Kier alpha value is -1.95. The van der Waals surface area contributed by atoms with E-state index in [-0.39, 0.29) is 5.76 Å². The number of nitrogens with two attached hydrogens (primary N) is 1. The fourth-order valence-corrected chi connectivity index (χ4v) is 2.32. The van der Waals surface area contributed by atoms with Gasteiger partial charge in [-0.05, 0) is 19.1 Å². The Morgan fingerprint density at radius 1 is 1.61 bits per heavy atom. The second-order valence-electron chi connectivity index (χ2n) is 3.73. The lowest BCUT2D eigenvalue weighted by atomic mass is 10.3. The van der Waals surface area contributed by atoms with Crippen molar-refractivity contribution < 1.29 is 14.3 Å². The van der Waals surface area contributed by atoms with E-state index in [2.05, 4.69) is 4.98 Å². The number of carboxylic acids is 1. The van der Waals surface area contributed by atoms with E-state index in [1.165, 1.54) is 11.8 Å². The van der Waals surface area contributed by atoms with Gasteiger partial charge in [0.2, 0.25) is 5.76 Å². The van der Waals surface area contributed by atoms with Gasteiger partial charge in [-0.1, -0.05) is 0 Å². The number of nitrogen functional groups attached to an aromatic ring is 1. The molecule has 0 aromatic carbocycles. The van der Waals surface area contributed by atoms with Crippen molar-refractivity contribution in [3.05, 3.63) is 41.6 Å². The monoisotopic (exact) mass is 264 g/mol. The minimum absolute atomic E-state index is 0.00620. The number of rotatable bonds is 4. The van der Waals surface area contributed by atoms with Crippen LogP contribution in [-0.2, 0) is 5.75 Å². The molecule has 3 N–H and O–H groups in total. The number of anilines is 1. The number of aromatic nitrogens is 1. The van der Waals surface area contributed by atoms with Gasteiger partial charge in [-0.15, -0.1) is 11.8 Å². The Kier molecular flexibility index (Phi) is 3.57. The van der Waals surface area contributed by atoms with Gasteiger partial charge in [-0.3, -0.25) is 4.98 Å². The molecule has 5 nitrogen and oxygen atoms in total. The Labute approximate surface area is 108 Å². The number of aryl methyl sites for hydroxylation is 1. The second-order valence-corrected chi connectivity index (χ2v) is 4.75. The Morgan fingerprint density at radius 2 is 2.39 bits per heavy atom. The van der Waals surface area contributed by atoms with Crippen molar-refractivity contribution in [1.29, 1.82) is 0 Å². The van der Waals surface area contributed by atoms with Gasteiger partial charge < -0.3 is 15.3 Å². The second kappa shape index (κ2) is 5.14. The SMILES string of the molecule is Cc1cc(CSc2ccncc2N)oc1C(=O)O. The highest BCUT2D eigenvalue weighted by Crippen LogP contribution is 2.28. The number of pyridine rings is 1. The number of hydrogen-bond acceptors (Lipinski definition) is 5. The van der Waals surface area contributed by atoms with Gasteiger partial charge in [-0.2, -0.15) is 0 Å². The molecule has 0 unspecified atom stereocenters. The van der Waals surface area contributed by atoms with E-state index < -0.39 is 5.97 Å². The van der Waals surface area contributed by atoms with Crippen LogP contribution in [-0.4, -0.2) is 16.1 Å². The third-order valence-corrected chi connectivity index (χ3v) is 3.45. The first-order chi connectivity index (χ1) is 8.58. The molecule has 2 aromatic rings. The summed E-state index contributed by atoms with van der Waals surface area (Å²) in [5, 5.41) is 8.88. The van der Waals surface area contributed by atoms with Crippen LogP contribution in [0, 0.1) is 6.92 Å². The van der Waals surface area contributed by atoms with E-state index in [0.29, 0.717) is 22.8 Å². The summed E-state index contributed by atoms with van der Waals surface area (Å²) in [6.45, 7) is 1.71. The van der Waals surface area contributed by atoms with Crippen LogP contribution < -0.4 is 5.73 Å². The summed E-state index contributed by atoms with van der Waals surface area (Å²) in [7, 11) is 0. The maximum Gasteiger partial charge on any atom is 0.372 e. The van der Waals surface area contributed by atoms with Crippen molar-refractivity contribution in [3.63, 3.8) is 0 Å². The summed E-state index contributed by atoms with van der Waals surface area (Å²) in [5.74, 6) is 0.0917. The molecular weight excluding hydrogens is 252 g/mol. The number of carbonyl (C=O) groups is 1. The molecular formula is C12H12N2O3S. The maximum absolute atomic E-state index is 10.8. The van der Waals surface area contributed by atoms with Gasteiger partial charge in [0.05, 0.1) is 17.6 Å². The number of thioether (sulfide) groups is 1. The maximum atomic E-state index is 10.8. The van der Waals surface area contributed by atoms with Crippen molar-refractivity contribution in [2.45, 2.75) is 17.6 Å². The van der Waals surface area contributed by atoms with Gasteiger partial charge in [0.15, 0.2) is 0 Å². The molecule has 0 aliphatic carbocycles. The highest BCUT2D eigenvalue weighted by molar-refractivity contribution is 7.98. The van der Waals surface area contributed by atoms with Crippen molar-refractivity contribution >= 4 is 23.4 Å². The normalized spacial score (nSPS) is 10.5. The van der Waals surface area contributed by atoms with Gasteiger partial charge in [0.25, 0.3) is 0 Å². The molecule has 0 bridgehead atoms. The highest BCUT2D eigenvalue weighted by Gasteiger charge is 2.14. The van der Waals surface area contributed by atoms with Crippen LogP contribution in [0.25, 0.3) is 0 Å². The molecule has 0 saturated carbocycles. The molecule has 0 aliphatic rings. The largest absolute Gasteiger partial charge is 0.475 e. The number of nitrogens with zero attached hydrogens (tertiary/aromatic N) is 1. The molecule has 2 aromatic heterocycles. The average molecular weight is 264 g/mol. The molecule has 2 rings (SSSR count). The third-order valence-electron chi connectivity index (χ3n) is 2.34. The van der Waals surface area contributed by atoms with Crippen molar-refractivity contribution in [3.8, 4) is 0 Å². The smallest absolute Gasteiger partial charge is 0.372 e. The lowest BCUT2D eigenvalue weighted by molar-refractivity contribution is 0.0659. The van der Waals surface area contributed by atoms with Crippen LogP contribution in [0.5, 0.6) is 0 Å². The van der Waals surface area contributed by atoms with Gasteiger partial charge in [0.1, 0.15) is 5.76 Å². The topological polar surface area (TPSA) is 89.4 Å². The summed E-state index contributed by atoms with van der Waals surface area (Å²) in [6.07, 6.45) is 3.24. The summed E-state index contributed by atoms with van der Waals surface area (Å²) >= 11 is 1.48. The predicted molar refractivity (Wildman–Crippen MR) is 68.6 cm³/mol. The summed E-state index contributed by atoms with van der Waals surface area (Å²) in [5.41, 5.74) is 6.99. The molecule has 0 spiro atoms. The van der Waals surface area contributed by atoms with Crippen LogP contribution in [0.4, 0.5) is 5.69 Å². The molecule has 0 saturated heterocycles. The van der Waals surface area contributed by atoms with Crippen molar-refractivity contribution in [1.82, 2.24) is 4.98 Å². The Morgan fingerprint density at radius 3 is 3.00 bits per heavy atom. The molecule has 0 atom stereocenters. The van der Waals surface area contributed by atoms with Gasteiger partial charge >= 0.3 is 5.97 Å². The molecule has 2 heterocycles.